The molecule has 1 fully saturated rings. The molecule has 1 unspecified atom stereocenters. The van der Waals surface area contributed by atoms with Crippen LogP contribution in [-0.4, -0.2) is 32.6 Å². The first-order chi connectivity index (χ1) is 16.0. The second-order valence-electron chi connectivity index (χ2n) is 7.97. The molecule has 33 heavy (non-hydrogen) atoms. The molecule has 10 heteroatoms. The van der Waals surface area contributed by atoms with Gasteiger partial charge < -0.3 is 15.2 Å². The summed E-state index contributed by atoms with van der Waals surface area (Å²) in [6, 6.07) is 8.49. The van der Waals surface area contributed by atoms with Crippen LogP contribution in [-0.2, 0) is 13.1 Å². The zero-order valence-electron chi connectivity index (χ0n) is 17.5. The fourth-order valence-electron chi connectivity index (χ4n) is 4.07. The van der Waals surface area contributed by atoms with Crippen molar-refractivity contribution < 1.29 is 13.2 Å². The Balaban J connectivity index is 1.55. The van der Waals surface area contributed by atoms with Crippen LogP contribution in [0.1, 0.15) is 12.0 Å². The van der Waals surface area contributed by atoms with E-state index in [1.807, 2.05) is 4.57 Å². The lowest BCUT2D eigenvalue weighted by Crippen LogP contribution is -2.16. The van der Waals surface area contributed by atoms with E-state index in [1.54, 1.807) is 12.1 Å². The zero-order valence-corrected chi connectivity index (χ0v) is 18.2. The Morgan fingerprint density at radius 1 is 1.09 bits per heavy atom. The van der Waals surface area contributed by atoms with E-state index in [2.05, 4.69) is 25.6 Å². The highest BCUT2D eigenvalue weighted by atomic mass is 35.5. The lowest BCUT2D eigenvalue weighted by molar-refractivity contribution is 0.489. The Hall–Kier alpha value is -3.17. The Morgan fingerprint density at radius 3 is 2.70 bits per heavy atom. The third kappa shape index (κ3) is 4.26. The smallest absolute Gasteiger partial charge is 0.225 e. The highest BCUT2D eigenvalue weighted by Crippen LogP contribution is 2.33. The molecule has 6 nitrogen and oxygen atoms in total. The van der Waals surface area contributed by atoms with Crippen molar-refractivity contribution in [1.82, 2.24) is 24.8 Å². The fourth-order valence-corrected chi connectivity index (χ4v) is 4.31. The van der Waals surface area contributed by atoms with Gasteiger partial charge in [-0.05, 0) is 43.6 Å². The van der Waals surface area contributed by atoms with Crippen molar-refractivity contribution in [3.05, 3.63) is 70.6 Å². The molecule has 2 aromatic carbocycles. The first-order valence-electron chi connectivity index (χ1n) is 10.6. The van der Waals surface area contributed by atoms with Crippen LogP contribution in [0.3, 0.4) is 0 Å². The number of benzene rings is 2. The van der Waals surface area contributed by atoms with Gasteiger partial charge in [-0.15, -0.1) is 0 Å². The second kappa shape index (κ2) is 8.99. The van der Waals surface area contributed by atoms with Gasteiger partial charge in [-0.3, -0.25) is 0 Å². The number of rotatable bonds is 6. The van der Waals surface area contributed by atoms with Crippen LogP contribution in [0.15, 0.2) is 42.6 Å². The predicted molar refractivity (Wildman–Crippen MR) is 120 cm³/mol. The average Bonchev–Trinajstić information content (AvgIpc) is 3.43. The van der Waals surface area contributed by atoms with Crippen LogP contribution >= 0.6 is 11.6 Å². The molecule has 2 aromatic heterocycles. The number of aromatic nitrogens is 4. The van der Waals surface area contributed by atoms with Crippen molar-refractivity contribution in [3.63, 3.8) is 0 Å². The van der Waals surface area contributed by atoms with E-state index in [4.69, 9.17) is 11.6 Å². The maximum Gasteiger partial charge on any atom is 0.225 e. The van der Waals surface area contributed by atoms with Crippen molar-refractivity contribution in [2.75, 3.05) is 18.4 Å². The number of nitrogens with one attached hydrogen (secondary N) is 2. The van der Waals surface area contributed by atoms with Gasteiger partial charge >= 0.3 is 0 Å². The highest BCUT2D eigenvalue weighted by Gasteiger charge is 2.24. The normalized spacial score (nSPS) is 15.9. The molecule has 0 aliphatic carbocycles. The summed E-state index contributed by atoms with van der Waals surface area (Å²) in [5.41, 5.74) is 1.36. The van der Waals surface area contributed by atoms with E-state index in [0.717, 1.165) is 25.6 Å². The maximum absolute atomic E-state index is 14.8. The number of hydrogen-bond donors (Lipinski definition) is 2. The molecule has 0 bridgehead atoms. The molecule has 1 atom stereocenters. The largest absolute Gasteiger partial charge is 0.350 e. The monoisotopic (exact) mass is 472 g/mol. The summed E-state index contributed by atoms with van der Waals surface area (Å²) in [6.07, 6.45) is 2.49. The molecule has 0 radical (unpaired) electrons. The number of hydrogen-bond acceptors (Lipinski definition) is 5. The Bertz CT molecular complexity index is 1300. The Kier molecular flexibility index (Phi) is 5.90. The average molecular weight is 473 g/mol. The molecule has 5 rings (SSSR count). The minimum absolute atomic E-state index is 0.00177. The topological polar surface area (TPSA) is 67.7 Å². The van der Waals surface area contributed by atoms with E-state index in [1.165, 1.54) is 24.4 Å². The Morgan fingerprint density at radius 2 is 1.91 bits per heavy atom. The van der Waals surface area contributed by atoms with Gasteiger partial charge in [0.15, 0.2) is 17.3 Å². The van der Waals surface area contributed by atoms with Crippen molar-refractivity contribution in [2.45, 2.75) is 19.5 Å². The third-order valence-electron chi connectivity index (χ3n) is 5.75. The van der Waals surface area contributed by atoms with Gasteiger partial charge in [0.2, 0.25) is 5.95 Å². The van der Waals surface area contributed by atoms with Gasteiger partial charge in [-0.1, -0.05) is 29.8 Å². The molecule has 0 spiro atoms. The molecule has 3 heterocycles. The summed E-state index contributed by atoms with van der Waals surface area (Å²) in [4.78, 5) is 13.4. The van der Waals surface area contributed by atoms with Crippen molar-refractivity contribution in [2.24, 2.45) is 5.92 Å². The lowest BCUT2D eigenvalue weighted by atomic mass is 10.1. The number of anilines is 1. The summed E-state index contributed by atoms with van der Waals surface area (Å²) in [5, 5.41) is 6.51. The van der Waals surface area contributed by atoms with Crippen LogP contribution in [0, 0.1) is 23.4 Å². The van der Waals surface area contributed by atoms with E-state index < -0.39 is 17.5 Å². The van der Waals surface area contributed by atoms with Crippen molar-refractivity contribution in [1.29, 1.82) is 0 Å². The molecule has 0 amide bonds. The molecule has 2 N–H and O–H groups in total. The fraction of sp³-hybridized carbons (Fsp3) is 0.261. The number of halogens is 4. The summed E-state index contributed by atoms with van der Waals surface area (Å²) >= 11 is 6.34. The van der Waals surface area contributed by atoms with E-state index in [9.17, 15) is 13.2 Å². The molecule has 1 saturated heterocycles. The molecule has 170 valence electrons. The SMILES string of the molecule is Fc1cccc(CNc2ncc3nc(-c4c(F)cccc4Cl)n(CC4CCNC4)c3n2)c1F. The third-order valence-corrected chi connectivity index (χ3v) is 6.06. The Labute approximate surface area is 192 Å². The predicted octanol–water partition coefficient (Wildman–Crippen LogP) is 4.79. The number of fused-ring (bicyclic) bond motifs is 1. The summed E-state index contributed by atoms with van der Waals surface area (Å²) in [5.74, 6) is -1.39. The van der Waals surface area contributed by atoms with Gasteiger partial charge in [-0.25, -0.2) is 23.1 Å². The summed E-state index contributed by atoms with van der Waals surface area (Å²) in [6.45, 7) is 2.31. The minimum atomic E-state index is -0.916. The molecule has 1 aliphatic heterocycles. The first-order valence-corrected chi connectivity index (χ1v) is 10.9. The van der Waals surface area contributed by atoms with Crippen LogP contribution in [0.5, 0.6) is 0 Å². The number of nitrogens with zero attached hydrogens (tertiary/aromatic N) is 4. The highest BCUT2D eigenvalue weighted by molar-refractivity contribution is 6.33. The molecule has 0 saturated carbocycles. The zero-order chi connectivity index (χ0) is 22.9. The summed E-state index contributed by atoms with van der Waals surface area (Å²) < 4.78 is 44.1. The first kappa shape index (κ1) is 21.7. The quantitative estimate of drug-likeness (QED) is 0.422. The van der Waals surface area contributed by atoms with Crippen LogP contribution in [0.4, 0.5) is 19.1 Å². The van der Waals surface area contributed by atoms with Crippen molar-refractivity contribution >= 4 is 28.7 Å². The van der Waals surface area contributed by atoms with Gasteiger partial charge in [0, 0.05) is 18.7 Å². The molecule has 4 aromatic rings. The van der Waals surface area contributed by atoms with E-state index >= 15 is 0 Å². The van der Waals surface area contributed by atoms with Gasteiger partial charge in [0.1, 0.15) is 17.2 Å². The molecule has 1 aliphatic rings. The van der Waals surface area contributed by atoms with Gasteiger partial charge in [0.25, 0.3) is 0 Å². The summed E-state index contributed by atoms with van der Waals surface area (Å²) in [7, 11) is 0. The van der Waals surface area contributed by atoms with Crippen LogP contribution < -0.4 is 10.6 Å². The van der Waals surface area contributed by atoms with Crippen molar-refractivity contribution in [3.8, 4) is 11.4 Å². The minimum Gasteiger partial charge on any atom is -0.350 e. The molecular weight excluding hydrogens is 453 g/mol. The second-order valence-corrected chi connectivity index (χ2v) is 8.38. The molecular formula is C23H20ClF3N6. The lowest BCUT2D eigenvalue weighted by Gasteiger charge is -2.14. The van der Waals surface area contributed by atoms with E-state index in [0.29, 0.717) is 29.5 Å². The maximum atomic E-state index is 14.8. The standard InChI is InChI=1S/C23H20ClF3N6/c24-15-4-2-5-16(25)19(15)22-31-18-11-30-23(29-10-14-3-1-6-17(26)20(14)27)32-21(18)33(22)12-13-7-8-28-9-13/h1-6,11,13,28H,7-10,12H2,(H,29,30,32). The number of imidazole rings is 1. The van der Waals surface area contributed by atoms with Crippen LogP contribution in [0.2, 0.25) is 5.02 Å². The van der Waals surface area contributed by atoms with Crippen LogP contribution in [0.25, 0.3) is 22.6 Å². The van der Waals surface area contributed by atoms with E-state index in [-0.39, 0.29) is 28.6 Å². The van der Waals surface area contributed by atoms with Gasteiger partial charge in [0.05, 0.1) is 16.8 Å². The van der Waals surface area contributed by atoms with Gasteiger partial charge in [-0.2, -0.15) is 4.98 Å².